The van der Waals surface area contributed by atoms with Crippen molar-refractivity contribution >= 4 is 17.6 Å². The van der Waals surface area contributed by atoms with Gasteiger partial charge in [0.05, 0.1) is 0 Å². The van der Waals surface area contributed by atoms with Crippen LogP contribution in [0.4, 0.5) is 10.5 Å². The van der Waals surface area contributed by atoms with Gasteiger partial charge >= 0.3 is 6.03 Å². The zero-order chi connectivity index (χ0) is 21.5. The molecular weight excluding hydrogens is 394 g/mol. The Morgan fingerprint density at radius 2 is 1.45 bits per heavy atom. The molecule has 3 amide bonds. The summed E-state index contributed by atoms with van der Waals surface area (Å²) in [4.78, 5) is 24.6. The molecule has 31 heavy (non-hydrogen) atoms. The van der Waals surface area contributed by atoms with Gasteiger partial charge in [-0.25, -0.2) is 4.79 Å². The summed E-state index contributed by atoms with van der Waals surface area (Å²) >= 11 is 0. The summed E-state index contributed by atoms with van der Waals surface area (Å²) in [6.07, 6.45) is 0. The van der Waals surface area contributed by atoms with Crippen molar-refractivity contribution in [2.24, 2.45) is 0 Å². The van der Waals surface area contributed by atoms with E-state index < -0.39 is 6.03 Å². The number of hydrogen-bond acceptors (Lipinski definition) is 4. The predicted molar refractivity (Wildman–Crippen MR) is 116 cm³/mol. The van der Waals surface area contributed by atoms with Gasteiger partial charge in [-0.15, -0.1) is 0 Å². The Morgan fingerprint density at radius 1 is 0.839 bits per heavy atom. The average molecular weight is 418 g/mol. The van der Waals surface area contributed by atoms with Crippen molar-refractivity contribution in [3.63, 3.8) is 0 Å². The third-order valence-electron chi connectivity index (χ3n) is 4.91. The van der Waals surface area contributed by atoms with Gasteiger partial charge in [-0.1, -0.05) is 60.7 Å². The van der Waals surface area contributed by atoms with Crippen LogP contribution < -0.4 is 25.4 Å². The molecule has 7 heteroatoms. The van der Waals surface area contributed by atoms with Crippen molar-refractivity contribution in [1.29, 1.82) is 0 Å². The molecule has 0 aromatic heterocycles. The van der Waals surface area contributed by atoms with Crippen LogP contribution in [-0.2, 0) is 4.79 Å². The van der Waals surface area contributed by atoms with Gasteiger partial charge in [-0.3, -0.25) is 10.1 Å². The second-order valence-corrected chi connectivity index (χ2v) is 7.10. The van der Waals surface area contributed by atoms with Crippen molar-refractivity contribution < 1.29 is 24.4 Å². The van der Waals surface area contributed by atoms with Gasteiger partial charge in [-0.05, 0) is 12.1 Å². The van der Waals surface area contributed by atoms with Crippen molar-refractivity contribution in [2.45, 2.75) is 6.04 Å². The number of carbonyl (C=O) groups is 2. The molecule has 158 valence electrons. The fourth-order valence-electron chi connectivity index (χ4n) is 3.47. The maximum Gasteiger partial charge on any atom is 0.326 e. The zero-order valence-corrected chi connectivity index (χ0v) is 16.9. The van der Waals surface area contributed by atoms with Crippen LogP contribution >= 0.6 is 0 Å². The van der Waals surface area contributed by atoms with Gasteiger partial charge in [0.25, 0.3) is 5.91 Å². The van der Waals surface area contributed by atoms with Crippen LogP contribution in [0, 0.1) is 0 Å². The molecule has 0 saturated carbocycles. The average Bonchev–Trinajstić information content (AvgIpc) is 2.80. The minimum absolute atomic E-state index is 0.0472. The highest BCUT2D eigenvalue weighted by Gasteiger charge is 2.20. The minimum Gasteiger partial charge on any atom is -0.486 e. The molecule has 7 nitrogen and oxygen atoms in total. The monoisotopic (exact) mass is 418 g/mol. The summed E-state index contributed by atoms with van der Waals surface area (Å²) in [6.45, 7) is 1.06. The van der Waals surface area contributed by atoms with Gasteiger partial charge in [0.2, 0.25) is 0 Å². The first kappa shape index (κ1) is 20.4. The molecule has 0 spiro atoms. The molecule has 1 heterocycles. The van der Waals surface area contributed by atoms with E-state index in [-0.39, 0.29) is 18.5 Å². The molecule has 0 saturated heterocycles. The van der Waals surface area contributed by atoms with E-state index in [0.717, 1.165) is 11.1 Å². The first-order valence-electron chi connectivity index (χ1n) is 10.1. The van der Waals surface area contributed by atoms with E-state index in [1.165, 1.54) is 0 Å². The number of imide groups is 1. The molecule has 0 aliphatic carbocycles. The Bertz CT molecular complexity index is 1000. The second kappa shape index (κ2) is 9.77. The Kier molecular flexibility index (Phi) is 6.44. The van der Waals surface area contributed by atoms with Crippen LogP contribution in [0.5, 0.6) is 11.5 Å². The van der Waals surface area contributed by atoms with Crippen LogP contribution in [0.1, 0.15) is 17.2 Å². The standard InChI is InChI=1S/C24H23N3O4/c28-22(27-24(29)26-19-11-12-20-21(15-19)31-14-13-30-20)16-25-23(17-7-3-1-4-8-17)18-9-5-2-6-10-18/h1-12,15,23,25H,13-14,16H2,(H2,26,27,28,29)/p+1. The number of anilines is 1. The molecule has 4 N–H and O–H groups in total. The first-order chi connectivity index (χ1) is 15.2. The Morgan fingerprint density at radius 3 is 2.10 bits per heavy atom. The van der Waals surface area contributed by atoms with Gasteiger partial charge in [-0.2, -0.15) is 0 Å². The normalized spacial score (nSPS) is 12.3. The molecule has 0 bridgehead atoms. The number of ether oxygens (including phenoxy) is 2. The second-order valence-electron chi connectivity index (χ2n) is 7.10. The first-order valence-corrected chi connectivity index (χ1v) is 10.1. The number of rotatable bonds is 6. The van der Waals surface area contributed by atoms with E-state index in [1.54, 1.807) is 18.2 Å². The quantitative estimate of drug-likeness (QED) is 0.573. The van der Waals surface area contributed by atoms with Gasteiger partial charge in [0, 0.05) is 22.9 Å². The van der Waals surface area contributed by atoms with E-state index in [1.807, 2.05) is 66.0 Å². The van der Waals surface area contributed by atoms with E-state index in [9.17, 15) is 9.59 Å². The van der Waals surface area contributed by atoms with Crippen LogP contribution in [0.2, 0.25) is 0 Å². The van der Waals surface area contributed by atoms with Gasteiger partial charge in [0.1, 0.15) is 19.3 Å². The number of fused-ring (bicyclic) bond motifs is 1. The summed E-state index contributed by atoms with van der Waals surface area (Å²) in [7, 11) is 0. The molecule has 0 radical (unpaired) electrons. The van der Waals surface area contributed by atoms with Crippen LogP contribution in [0.15, 0.2) is 78.9 Å². The van der Waals surface area contributed by atoms with E-state index >= 15 is 0 Å². The number of amides is 3. The lowest BCUT2D eigenvalue weighted by Gasteiger charge is -2.19. The smallest absolute Gasteiger partial charge is 0.326 e. The highest BCUT2D eigenvalue weighted by Crippen LogP contribution is 2.32. The Labute approximate surface area is 180 Å². The molecule has 0 fully saturated rings. The number of nitrogens with two attached hydrogens (primary N) is 1. The summed E-state index contributed by atoms with van der Waals surface area (Å²) in [5.74, 6) is 0.819. The predicted octanol–water partition coefficient (Wildman–Crippen LogP) is 2.46. The van der Waals surface area contributed by atoms with Gasteiger partial charge < -0.3 is 20.1 Å². The maximum atomic E-state index is 12.4. The highest BCUT2D eigenvalue weighted by atomic mass is 16.6. The lowest BCUT2D eigenvalue weighted by molar-refractivity contribution is -0.676. The van der Waals surface area contributed by atoms with Crippen molar-refractivity contribution in [1.82, 2.24) is 5.32 Å². The van der Waals surface area contributed by atoms with Crippen LogP contribution in [0.3, 0.4) is 0 Å². The lowest BCUT2D eigenvalue weighted by Crippen LogP contribution is -2.87. The van der Waals surface area contributed by atoms with Crippen LogP contribution in [0.25, 0.3) is 0 Å². The Hall–Kier alpha value is -3.84. The SMILES string of the molecule is O=C(C[NH2+]C(c1ccccc1)c1ccccc1)NC(=O)Nc1ccc2c(c1)OCCO2. The fourth-order valence-corrected chi connectivity index (χ4v) is 3.47. The zero-order valence-electron chi connectivity index (χ0n) is 16.9. The van der Waals surface area contributed by atoms with Crippen molar-refractivity contribution in [3.8, 4) is 11.5 Å². The highest BCUT2D eigenvalue weighted by molar-refractivity contribution is 6.01. The summed E-state index contributed by atoms with van der Waals surface area (Å²) in [5, 5.41) is 6.94. The third kappa shape index (κ3) is 5.40. The molecule has 1 aliphatic heterocycles. The van der Waals surface area contributed by atoms with Crippen LogP contribution in [-0.4, -0.2) is 31.7 Å². The van der Waals surface area contributed by atoms with Gasteiger partial charge in [0.15, 0.2) is 18.0 Å². The lowest BCUT2D eigenvalue weighted by atomic mass is 9.99. The molecule has 4 rings (SSSR count). The number of urea groups is 1. The molecule has 0 unspecified atom stereocenters. The van der Waals surface area contributed by atoms with E-state index in [4.69, 9.17) is 9.47 Å². The fraction of sp³-hybridized carbons (Fsp3) is 0.167. The number of quaternary nitrogens is 1. The molecule has 0 atom stereocenters. The number of carbonyl (C=O) groups excluding carboxylic acids is 2. The minimum atomic E-state index is -0.592. The molecule has 3 aromatic carbocycles. The molecule has 3 aromatic rings. The molecular formula is C24H24N3O4+. The number of benzene rings is 3. The van der Waals surface area contributed by atoms with E-state index in [2.05, 4.69) is 10.6 Å². The number of nitrogens with one attached hydrogen (secondary N) is 2. The summed E-state index contributed by atoms with van der Waals surface area (Å²) in [6, 6.07) is 24.4. The molecule has 1 aliphatic rings. The van der Waals surface area contributed by atoms with Crippen molar-refractivity contribution in [3.05, 3.63) is 90.0 Å². The van der Waals surface area contributed by atoms with E-state index in [0.29, 0.717) is 30.4 Å². The summed E-state index contributed by atoms with van der Waals surface area (Å²) < 4.78 is 11.0. The Balaban J connectivity index is 1.34. The topological polar surface area (TPSA) is 93.3 Å². The largest absolute Gasteiger partial charge is 0.486 e. The summed E-state index contributed by atoms with van der Waals surface area (Å²) in [5.41, 5.74) is 2.69. The van der Waals surface area contributed by atoms with Crippen molar-refractivity contribution in [2.75, 3.05) is 25.1 Å². The third-order valence-corrected chi connectivity index (χ3v) is 4.91. The maximum absolute atomic E-state index is 12.4. The number of hydrogen-bond donors (Lipinski definition) is 3.